The van der Waals surface area contributed by atoms with E-state index in [0.29, 0.717) is 48.5 Å². The van der Waals surface area contributed by atoms with Crippen molar-refractivity contribution in [2.24, 2.45) is 5.92 Å². The number of aliphatic hydroxyl groups is 1. The van der Waals surface area contributed by atoms with E-state index >= 15 is 0 Å². The third-order valence-corrected chi connectivity index (χ3v) is 10.1. The van der Waals surface area contributed by atoms with E-state index in [1.165, 1.54) is 82.6 Å². The molecule has 0 radical (unpaired) electrons. The van der Waals surface area contributed by atoms with Crippen LogP contribution in [0.25, 0.3) is 0 Å². The summed E-state index contributed by atoms with van der Waals surface area (Å²) < 4.78 is 42.5. The summed E-state index contributed by atoms with van der Waals surface area (Å²) in [5, 5.41) is 17.1. The Balaban J connectivity index is 1.30. The molecule has 0 spiro atoms. The lowest BCUT2D eigenvalue weighted by atomic mass is 9.67. The van der Waals surface area contributed by atoms with Crippen molar-refractivity contribution >= 4 is 17.7 Å². The fourth-order valence-electron chi connectivity index (χ4n) is 7.62. The molecule has 0 aliphatic carbocycles. The highest BCUT2D eigenvalue weighted by molar-refractivity contribution is 5.93. The molecule has 254 valence electrons. The summed E-state index contributed by atoms with van der Waals surface area (Å²) in [4.78, 5) is 44.8. The minimum atomic E-state index is -1.34. The third-order valence-electron chi connectivity index (χ3n) is 10.1. The lowest BCUT2D eigenvalue weighted by Crippen LogP contribution is -2.54. The molecule has 0 unspecified atom stereocenters. The van der Waals surface area contributed by atoms with Gasteiger partial charge in [-0.3, -0.25) is 14.4 Å². The molecule has 3 aromatic rings. The highest BCUT2D eigenvalue weighted by Crippen LogP contribution is 2.43. The van der Waals surface area contributed by atoms with E-state index in [-0.39, 0.29) is 25.3 Å². The summed E-state index contributed by atoms with van der Waals surface area (Å²) in [6.45, 7) is 2.59. The number of nitrogens with zero attached hydrogens (tertiary/aromatic N) is 2. The van der Waals surface area contributed by atoms with E-state index in [0.717, 1.165) is 25.9 Å². The van der Waals surface area contributed by atoms with E-state index in [9.17, 15) is 32.7 Å². The maximum Gasteiger partial charge on any atom is 0.246 e. The van der Waals surface area contributed by atoms with Gasteiger partial charge in [-0.05, 0) is 97.8 Å². The van der Waals surface area contributed by atoms with Crippen LogP contribution in [-0.4, -0.2) is 83.5 Å². The zero-order valence-corrected chi connectivity index (χ0v) is 26.7. The highest BCUT2D eigenvalue weighted by atomic mass is 19.1. The molecule has 11 heteroatoms. The number of aliphatic hydroxyl groups excluding tert-OH is 1. The van der Waals surface area contributed by atoms with Crippen molar-refractivity contribution in [1.82, 2.24) is 20.4 Å². The van der Waals surface area contributed by atoms with Gasteiger partial charge in [0, 0.05) is 32.5 Å². The normalized spacial score (nSPS) is 22.9. The first-order chi connectivity index (χ1) is 23.2. The fourth-order valence-corrected chi connectivity index (χ4v) is 7.62. The Morgan fingerprint density at radius 2 is 1.35 bits per heavy atom. The summed E-state index contributed by atoms with van der Waals surface area (Å²) in [5.41, 5.74) is 0.171. The van der Waals surface area contributed by atoms with Crippen LogP contribution in [0.15, 0.2) is 72.8 Å². The smallest absolute Gasteiger partial charge is 0.246 e. The highest BCUT2D eigenvalue weighted by Gasteiger charge is 2.47. The number of benzene rings is 3. The first kappa shape index (κ1) is 33.7. The lowest BCUT2D eigenvalue weighted by Gasteiger charge is -2.38. The average molecular weight is 663 g/mol. The van der Waals surface area contributed by atoms with Crippen LogP contribution >= 0.6 is 0 Å². The van der Waals surface area contributed by atoms with Crippen molar-refractivity contribution in [3.8, 4) is 0 Å². The number of halogens is 3. The molecule has 3 aromatic carbocycles. The Labute approximate surface area is 278 Å². The zero-order chi connectivity index (χ0) is 33.8. The predicted octanol–water partition coefficient (Wildman–Crippen LogP) is 3.90. The van der Waals surface area contributed by atoms with Gasteiger partial charge in [0.15, 0.2) is 0 Å². The van der Waals surface area contributed by atoms with Gasteiger partial charge < -0.3 is 25.5 Å². The summed E-state index contributed by atoms with van der Waals surface area (Å²) in [5.74, 6) is -2.25. The van der Waals surface area contributed by atoms with E-state index < -0.39 is 52.9 Å². The predicted molar refractivity (Wildman–Crippen MR) is 173 cm³/mol. The Bertz CT molecular complexity index is 1490. The molecule has 3 fully saturated rings. The van der Waals surface area contributed by atoms with Crippen molar-refractivity contribution in [2.75, 3.05) is 32.7 Å². The molecule has 3 heterocycles. The number of hydrogen-bond acceptors (Lipinski definition) is 5. The van der Waals surface area contributed by atoms with E-state index in [1.807, 2.05) is 0 Å². The Morgan fingerprint density at radius 1 is 0.792 bits per heavy atom. The third kappa shape index (κ3) is 6.98. The molecule has 6 rings (SSSR count). The first-order valence-electron chi connectivity index (χ1n) is 16.7. The van der Waals surface area contributed by atoms with Gasteiger partial charge in [0.1, 0.15) is 29.5 Å². The van der Waals surface area contributed by atoms with Gasteiger partial charge in [0.05, 0.1) is 11.5 Å². The Morgan fingerprint density at radius 3 is 1.88 bits per heavy atom. The van der Waals surface area contributed by atoms with Crippen LogP contribution in [0, 0.1) is 23.4 Å². The molecule has 0 aromatic heterocycles. The Hall–Kier alpha value is -4.22. The number of amides is 3. The first-order valence-corrected chi connectivity index (χ1v) is 16.7. The summed E-state index contributed by atoms with van der Waals surface area (Å²) in [6.07, 6.45) is 1.98. The molecule has 3 N–H and O–H groups in total. The lowest BCUT2D eigenvalue weighted by molar-refractivity contribution is -0.146. The molecule has 0 bridgehead atoms. The number of rotatable bonds is 9. The number of piperidine rings is 1. The van der Waals surface area contributed by atoms with Crippen LogP contribution in [0.4, 0.5) is 13.2 Å². The Kier molecular flexibility index (Phi) is 10.2. The minimum Gasteiger partial charge on any atom is -0.391 e. The standard InChI is InChI=1S/C37H41F3N4O4/c38-28-11-5-25(6-12-28)37(26-7-13-29(39)14-8-26,27-9-15-30(40)16-10-27)20-34(46)44-23-31(45)19-33(44)36(48)43-18-2-4-32(43)35(47)42-22-24-3-1-17-41-21-24/h5-16,24,31-33,41,45H,1-4,17-23H2,(H,42,47)/t24-,31-,32-,33+/m1/s1. The van der Waals surface area contributed by atoms with Gasteiger partial charge in [-0.2, -0.15) is 0 Å². The second-order valence-electron chi connectivity index (χ2n) is 13.2. The van der Waals surface area contributed by atoms with E-state index in [4.69, 9.17) is 0 Å². The summed E-state index contributed by atoms with van der Waals surface area (Å²) >= 11 is 0. The largest absolute Gasteiger partial charge is 0.391 e. The molecule has 3 amide bonds. The van der Waals surface area contributed by atoms with Gasteiger partial charge in [-0.25, -0.2) is 13.2 Å². The van der Waals surface area contributed by atoms with Gasteiger partial charge >= 0.3 is 0 Å². The van der Waals surface area contributed by atoms with Crippen molar-refractivity contribution < 1.29 is 32.7 Å². The van der Waals surface area contributed by atoms with Crippen LogP contribution in [0.5, 0.6) is 0 Å². The van der Waals surface area contributed by atoms with Gasteiger partial charge in [-0.15, -0.1) is 0 Å². The number of nitrogens with one attached hydrogen (secondary N) is 2. The minimum absolute atomic E-state index is 0.0137. The summed E-state index contributed by atoms with van der Waals surface area (Å²) in [6, 6.07) is 15.1. The van der Waals surface area contributed by atoms with Gasteiger partial charge in [0.25, 0.3) is 0 Å². The molecule has 3 saturated heterocycles. The van der Waals surface area contributed by atoms with Crippen LogP contribution in [-0.2, 0) is 19.8 Å². The van der Waals surface area contributed by atoms with Crippen LogP contribution in [0.1, 0.15) is 55.2 Å². The maximum absolute atomic E-state index is 14.5. The molecule has 3 aliphatic rings. The molecule has 8 nitrogen and oxygen atoms in total. The maximum atomic E-state index is 14.5. The SMILES string of the molecule is O=C(NC[C@@H]1CCCNC1)[C@H]1CCCN1C(=O)[C@@H]1C[C@@H](O)CN1C(=O)CC(c1ccc(F)cc1)(c1ccc(F)cc1)c1ccc(F)cc1. The molecule has 0 saturated carbocycles. The average Bonchev–Trinajstić information content (AvgIpc) is 3.75. The van der Waals surface area contributed by atoms with E-state index in [1.54, 1.807) is 0 Å². The van der Waals surface area contributed by atoms with Gasteiger partial charge in [-0.1, -0.05) is 36.4 Å². The topological polar surface area (TPSA) is 102 Å². The quantitative estimate of drug-likeness (QED) is 0.302. The summed E-state index contributed by atoms with van der Waals surface area (Å²) in [7, 11) is 0. The molecule has 3 aliphatic heterocycles. The van der Waals surface area contributed by atoms with Crippen LogP contribution in [0.3, 0.4) is 0 Å². The second kappa shape index (κ2) is 14.5. The number of likely N-dealkylation sites (tertiary alicyclic amines) is 2. The van der Waals surface area contributed by atoms with Crippen LogP contribution < -0.4 is 10.6 Å². The second-order valence-corrected chi connectivity index (χ2v) is 13.2. The van der Waals surface area contributed by atoms with Crippen molar-refractivity contribution in [3.63, 3.8) is 0 Å². The number of carbonyl (C=O) groups excluding carboxylic acids is 3. The van der Waals surface area contributed by atoms with Crippen molar-refractivity contribution in [2.45, 2.75) is 62.1 Å². The monoisotopic (exact) mass is 662 g/mol. The van der Waals surface area contributed by atoms with Crippen molar-refractivity contribution in [3.05, 3.63) is 107 Å². The molecular formula is C37H41F3N4O4. The van der Waals surface area contributed by atoms with Crippen molar-refractivity contribution in [1.29, 1.82) is 0 Å². The number of hydrogen-bond donors (Lipinski definition) is 3. The van der Waals surface area contributed by atoms with Gasteiger partial charge in [0.2, 0.25) is 17.7 Å². The molecule has 48 heavy (non-hydrogen) atoms. The molecule has 4 atom stereocenters. The fraction of sp³-hybridized carbons (Fsp3) is 0.432. The molecular weight excluding hydrogens is 621 g/mol. The zero-order valence-electron chi connectivity index (χ0n) is 26.7. The van der Waals surface area contributed by atoms with Crippen LogP contribution in [0.2, 0.25) is 0 Å². The number of β-amino-alcohol motifs (C(OH)–C–C–N with tert-alkyl or cyclic N) is 1. The van der Waals surface area contributed by atoms with E-state index in [2.05, 4.69) is 10.6 Å². The number of carbonyl (C=O) groups is 3.